The lowest BCUT2D eigenvalue weighted by Crippen LogP contribution is -2.41. The summed E-state index contributed by atoms with van der Waals surface area (Å²) in [4.78, 5) is 0. The second kappa shape index (κ2) is 7.56. The SMILES string of the molecule is CC(C)[C@H](C)/C=C/[C@@H](C)[C@H]1CC[C@H]2C3=CC=C4C[C@@H](O)CC[C@]4(C)C3=CC[C@]12C. The molecule has 29 heavy (non-hydrogen) atoms. The Morgan fingerprint density at radius 3 is 2.52 bits per heavy atom. The maximum absolute atomic E-state index is 10.2. The average molecular weight is 395 g/mol. The summed E-state index contributed by atoms with van der Waals surface area (Å²) < 4.78 is 0. The van der Waals surface area contributed by atoms with Gasteiger partial charge in [0, 0.05) is 5.41 Å². The third-order valence-electron chi connectivity index (χ3n) is 9.45. The summed E-state index contributed by atoms with van der Waals surface area (Å²) in [6, 6.07) is 0. The minimum Gasteiger partial charge on any atom is -0.393 e. The lowest BCUT2D eigenvalue weighted by atomic mass is 9.54. The Labute approximate surface area is 179 Å². The van der Waals surface area contributed by atoms with Gasteiger partial charge in [-0.3, -0.25) is 0 Å². The highest BCUT2D eigenvalue weighted by atomic mass is 16.3. The first-order valence-corrected chi connectivity index (χ1v) is 12.2. The summed E-state index contributed by atoms with van der Waals surface area (Å²) in [7, 11) is 0. The van der Waals surface area contributed by atoms with Crippen molar-refractivity contribution in [1.82, 2.24) is 0 Å². The number of aliphatic hydroxyl groups excluding tert-OH is 1. The third-order valence-corrected chi connectivity index (χ3v) is 9.45. The average Bonchev–Trinajstić information content (AvgIpc) is 3.03. The van der Waals surface area contributed by atoms with Crippen LogP contribution in [0.2, 0.25) is 0 Å². The smallest absolute Gasteiger partial charge is 0.0578 e. The van der Waals surface area contributed by atoms with Crippen molar-refractivity contribution in [2.24, 2.45) is 40.4 Å². The van der Waals surface area contributed by atoms with E-state index in [0.29, 0.717) is 29.1 Å². The zero-order chi connectivity index (χ0) is 21.0. The van der Waals surface area contributed by atoms with Crippen molar-refractivity contribution in [2.45, 2.75) is 86.2 Å². The Kier molecular flexibility index (Phi) is 5.52. The molecule has 0 heterocycles. The number of rotatable bonds is 4. The van der Waals surface area contributed by atoms with Gasteiger partial charge in [-0.25, -0.2) is 0 Å². The van der Waals surface area contributed by atoms with Gasteiger partial charge in [0.2, 0.25) is 0 Å². The van der Waals surface area contributed by atoms with Gasteiger partial charge in [-0.15, -0.1) is 0 Å². The Balaban J connectivity index is 1.60. The highest BCUT2D eigenvalue weighted by Crippen LogP contribution is 2.63. The highest BCUT2D eigenvalue weighted by Gasteiger charge is 2.53. The number of allylic oxidation sites excluding steroid dienone is 7. The van der Waals surface area contributed by atoms with E-state index in [4.69, 9.17) is 0 Å². The Bertz CT molecular complexity index is 765. The Morgan fingerprint density at radius 2 is 1.79 bits per heavy atom. The van der Waals surface area contributed by atoms with Gasteiger partial charge in [0.15, 0.2) is 0 Å². The minimum atomic E-state index is -0.143. The molecule has 4 aliphatic rings. The summed E-state index contributed by atoms with van der Waals surface area (Å²) in [5.41, 5.74) is 5.26. The Hall–Kier alpha value is -1.08. The van der Waals surface area contributed by atoms with E-state index in [0.717, 1.165) is 25.2 Å². The predicted molar refractivity (Wildman–Crippen MR) is 123 cm³/mol. The van der Waals surface area contributed by atoms with Crippen molar-refractivity contribution < 1.29 is 5.11 Å². The molecule has 4 aliphatic carbocycles. The summed E-state index contributed by atoms with van der Waals surface area (Å²) in [6.07, 6.45) is 19.1. The maximum Gasteiger partial charge on any atom is 0.0578 e. The molecule has 1 N–H and O–H groups in total. The molecule has 1 heteroatoms. The van der Waals surface area contributed by atoms with Crippen LogP contribution < -0.4 is 0 Å². The molecule has 0 aromatic heterocycles. The van der Waals surface area contributed by atoms with Crippen LogP contribution in [0.5, 0.6) is 0 Å². The van der Waals surface area contributed by atoms with Crippen LogP contribution >= 0.6 is 0 Å². The van der Waals surface area contributed by atoms with Gasteiger partial charge >= 0.3 is 0 Å². The molecule has 0 aromatic rings. The lowest BCUT2D eigenvalue weighted by molar-refractivity contribution is 0.113. The molecule has 4 rings (SSSR count). The van der Waals surface area contributed by atoms with Gasteiger partial charge in [0.25, 0.3) is 0 Å². The number of hydrogen-bond acceptors (Lipinski definition) is 1. The number of aliphatic hydroxyl groups is 1. The van der Waals surface area contributed by atoms with Crippen LogP contribution in [0.1, 0.15) is 80.1 Å². The molecule has 2 saturated carbocycles. The van der Waals surface area contributed by atoms with Crippen molar-refractivity contribution in [3.05, 3.63) is 47.1 Å². The molecular weight excluding hydrogens is 352 g/mol. The largest absolute Gasteiger partial charge is 0.393 e. The van der Waals surface area contributed by atoms with E-state index >= 15 is 0 Å². The molecule has 0 unspecified atom stereocenters. The van der Waals surface area contributed by atoms with Gasteiger partial charge in [-0.1, -0.05) is 77.5 Å². The topological polar surface area (TPSA) is 20.2 Å². The molecule has 0 aromatic carbocycles. The standard InChI is InChI=1S/C28H42O/c1-18(2)19(3)7-8-20(4)24-11-12-25-23-10-9-21-17-22(29)13-15-27(21,5)26(23)14-16-28(24,25)6/h7-10,14,18-20,22,24-25,29H,11-13,15-17H2,1-6H3/b8-7+/t19-,20-,22+,24-,25+,27+,28-/m1/s1. The van der Waals surface area contributed by atoms with Gasteiger partial charge in [-0.2, -0.15) is 0 Å². The second-order valence-electron chi connectivity index (χ2n) is 11.5. The normalized spacial score (nSPS) is 41.2. The van der Waals surface area contributed by atoms with Crippen LogP contribution in [0.25, 0.3) is 0 Å². The molecule has 0 spiro atoms. The molecule has 0 amide bonds. The van der Waals surface area contributed by atoms with Crippen molar-refractivity contribution in [2.75, 3.05) is 0 Å². The van der Waals surface area contributed by atoms with Gasteiger partial charge in [0.1, 0.15) is 0 Å². The fourth-order valence-electron chi connectivity index (χ4n) is 6.96. The number of hydrogen-bond donors (Lipinski definition) is 1. The molecule has 2 fully saturated rings. The number of fused-ring (bicyclic) bond motifs is 5. The van der Waals surface area contributed by atoms with Gasteiger partial charge in [0.05, 0.1) is 6.10 Å². The van der Waals surface area contributed by atoms with E-state index in [1.165, 1.54) is 24.8 Å². The molecule has 160 valence electrons. The van der Waals surface area contributed by atoms with Gasteiger partial charge < -0.3 is 5.11 Å². The molecule has 1 nitrogen and oxygen atoms in total. The van der Waals surface area contributed by atoms with Crippen LogP contribution in [-0.4, -0.2) is 11.2 Å². The van der Waals surface area contributed by atoms with E-state index in [9.17, 15) is 5.11 Å². The Morgan fingerprint density at radius 1 is 1.03 bits per heavy atom. The summed E-state index contributed by atoms with van der Waals surface area (Å²) in [6.45, 7) is 14.5. The molecule has 0 bridgehead atoms. The van der Waals surface area contributed by atoms with Crippen LogP contribution in [0.15, 0.2) is 47.1 Å². The first kappa shape index (κ1) is 21.2. The fraction of sp³-hybridized carbons (Fsp3) is 0.714. The van der Waals surface area contributed by atoms with E-state index in [-0.39, 0.29) is 11.5 Å². The van der Waals surface area contributed by atoms with Crippen molar-refractivity contribution in [3.8, 4) is 0 Å². The summed E-state index contributed by atoms with van der Waals surface area (Å²) in [5.74, 6) is 3.50. The first-order valence-electron chi connectivity index (χ1n) is 12.2. The lowest BCUT2D eigenvalue weighted by Gasteiger charge is -2.50. The predicted octanol–water partition coefficient (Wildman–Crippen LogP) is 7.25. The van der Waals surface area contributed by atoms with Crippen LogP contribution in [0.4, 0.5) is 0 Å². The van der Waals surface area contributed by atoms with Crippen LogP contribution in [0, 0.1) is 40.4 Å². The van der Waals surface area contributed by atoms with Crippen LogP contribution in [-0.2, 0) is 0 Å². The fourth-order valence-corrected chi connectivity index (χ4v) is 6.96. The molecule has 0 aliphatic heterocycles. The summed E-state index contributed by atoms with van der Waals surface area (Å²) in [5, 5.41) is 10.2. The van der Waals surface area contributed by atoms with Crippen molar-refractivity contribution >= 4 is 0 Å². The van der Waals surface area contributed by atoms with E-state index in [2.05, 4.69) is 71.9 Å². The summed E-state index contributed by atoms with van der Waals surface area (Å²) >= 11 is 0. The zero-order valence-corrected chi connectivity index (χ0v) is 19.5. The molecular formula is C28H42O. The maximum atomic E-state index is 10.2. The highest BCUT2D eigenvalue weighted by molar-refractivity contribution is 5.53. The van der Waals surface area contributed by atoms with E-state index in [1.54, 1.807) is 11.1 Å². The zero-order valence-electron chi connectivity index (χ0n) is 19.5. The van der Waals surface area contributed by atoms with Gasteiger partial charge in [-0.05, 0) is 84.7 Å². The third kappa shape index (κ3) is 3.42. The quantitative estimate of drug-likeness (QED) is 0.498. The van der Waals surface area contributed by atoms with Crippen LogP contribution in [0.3, 0.4) is 0 Å². The van der Waals surface area contributed by atoms with Crippen molar-refractivity contribution in [1.29, 1.82) is 0 Å². The molecule has 7 atom stereocenters. The monoisotopic (exact) mass is 394 g/mol. The second-order valence-corrected chi connectivity index (χ2v) is 11.5. The van der Waals surface area contributed by atoms with E-state index in [1.807, 2.05) is 0 Å². The van der Waals surface area contributed by atoms with Crippen molar-refractivity contribution in [3.63, 3.8) is 0 Å². The molecule has 0 radical (unpaired) electrons. The first-order chi connectivity index (χ1) is 13.7. The van der Waals surface area contributed by atoms with E-state index < -0.39 is 0 Å². The minimum absolute atomic E-state index is 0.143. The molecule has 0 saturated heterocycles.